The quantitative estimate of drug-likeness (QED) is 0.211. The minimum absolute atomic E-state index is 0.0216. The molecule has 1 aromatic heterocycles. The largest absolute Gasteiger partial charge is 0.495 e. The molecule has 9 nitrogen and oxygen atoms in total. The normalized spacial score (nSPS) is 13.3. The van der Waals surface area contributed by atoms with Crippen LogP contribution < -0.4 is 15.1 Å². The predicted molar refractivity (Wildman–Crippen MR) is 142 cm³/mol. The van der Waals surface area contributed by atoms with Gasteiger partial charge in [-0.1, -0.05) is 11.8 Å². The molecule has 0 aliphatic rings. The first-order chi connectivity index (χ1) is 18.2. The molecule has 1 N–H and O–H groups in total. The molecular formula is C25H32F3N2O7PS. The fraction of sp³-hybridized carbons (Fsp3) is 0.480. The number of aliphatic hydroxyl groups is 1. The average molecular weight is 593 g/mol. The average Bonchev–Trinajstić information content (AvgIpc) is 2.88. The molecule has 0 aliphatic heterocycles. The van der Waals surface area contributed by atoms with E-state index >= 15 is 0 Å². The van der Waals surface area contributed by atoms with Crippen LogP contribution in [0.3, 0.4) is 0 Å². The molecule has 0 amide bonds. The molecule has 0 spiro atoms. The number of aromatic nitrogens is 1. The summed E-state index contributed by atoms with van der Waals surface area (Å²) in [5.74, 6) is 5.90. The van der Waals surface area contributed by atoms with Crippen LogP contribution in [-0.4, -0.2) is 70.5 Å². The van der Waals surface area contributed by atoms with Crippen molar-refractivity contribution in [1.82, 2.24) is 4.98 Å². The van der Waals surface area contributed by atoms with E-state index in [1.165, 1.54) is 13.8 Å². The highest BCUT2D eigenvalue weighted by Crippen LogP contribution is 2.40. The SMILES string of the molecule is CCOP(C)(=O)c1cc(C#Cc2ccc(OC)c(N(CC)CCCS(=O)(=O)OCC(F)(F)F)c2)cc(CO)n1. The number of alkyl halides is 3. The van der Waals surface area contributed by atoms with Crippen LogP contribution in [0.4, 0.5) is 18.9 Å². The van der Waals surface area contributed by atoms with Gasteiger partial charge in [-0.05, 0) is 50.6 Å². The molecule has 216 valence electrons. The van der Waals surface area contributed by atoms with E-state index in [0.717, 1.165) is 0 Å². The molecule has 1 unspecified atom stereocenters. The Kier molecular flexibility index (Phi) is 11.8. The number of methoxy groups -OCH3 is 1. The summed E-state index contributed by atoms with van der Waals surface area (Å²) in [6, 6.07) is 8.28. The number of aliphatic hydroxyl groups excluding tert-OH is 1. The standard InChI is InChI=1S/C25H32F3N2O7PS/c1-5-30(12-7-13-39(33,34)37-18-25(26,27)28)22-15-19(10-11-23(22)35-3)8-9-20-14-21(17-31)29-24(16-20)38(4,32)36-6-2/h10-11,14-16,31H,5-7,12-13,17-18H2,1-4H3. The van der Waals surface area contributed by atoms with Crippen molar-refractivity contribution in [3.05, 3.63) is 47.2 Å². The fourth-order valence-corrected chi connectivity index (χ4v) is 5.72. The van der Waals surface area contributed by atoms with Crippen LogP contribution in [0.2, 0.25) is 0 Å². The second kappa shape index (κ2) is 14.1. The van der Waals surface area contributed by atoms with Crippen LogP contribution in [-0.2, 0) is 30.0 Å². The summed E-state index contributed by atoms with van der Waals surface area (Å²) >= 11 is 0. The number of anilines is 1. The number of benzene rings is 1. The van der Waals surface area contributed by atoms with Crippen molar-refractivity contribution in [3.8, 4) is 17.6 Å². The van der Waals surface area contributed by atoms with Gasteiger partial charge in [-0.25, -0.2) is 4.98 Å². The van der Waals surface area contributed by atoms with Crippen molar-refractivity contribution in [2.45, 2.75) is 33.1 Å². The molecular weight excluding hydrogens is 560 g/mol. The van der Waals surface area contributed by atoms with E-state index in [1.807, 2.05) is 11.8 Å². The molecule has 0 fully saturated rings. The second-order valence-corrected chi connectivity index (χ2v) is 12.5. The zero-order chi connectivity index (χ0) is 29.3. The summed E-state index contributed by atoms with van der Waals surface area (Å²) in [5, 5.41) is 9.58. The highest BCUT2D eigenvalue weighted by molar-refractivity contribution is 7.86. The Morgan fingerprint density at radius 3 is 2.41 bits per heavy atom. The maximum atomic E-state index is 12.8. The van der Waals surface area contributed by atoms with Crippen LogP contribution in [0.5, 0.6) is 5.75 Å². The summed E-state index contributed by atoms with van der Waals surface area (Å²) in [4.78, 5) is 6.01. The highest BCUT2D eigenvalue weighted by atomic mass is 32.2. The second-order valence-electron chi connectivity index (χ2n) is 8.34. The molecule has 39 heavy (non-hydrogen) atoms. The van der Waals surface area contributed by atoms with Crippen LogP contribution in [0.1, 0.15) is 37.1 Å². The summed E-state index contributed by atoms with van der Waals surface area (Å²) in [7, 11) is -6.06. The minimum atomic E-state index is -4.74. The first-order valence-electron chi connectivity index (χ1n) is 12.0. The fourth-order valence-electron chi connectivity index (χ4n) is 3.50. The molecule has 1 heterocycles. The smallest absolute Gasteiger partial charge is 0.413 e. The Hall–Kier alpha value is -2.62. The van der Waals surface area contributed by atoms with Crippen molar-refractivity contribution >= 4 is 28.6 Å². The lowest BCUT2D eigenvalue weighted by Crippen LogP contribution is -2.27. The van der Waals surface area contributed by atoms with Gasteiger partial charge in [0.15, 0.2) is 6.61 Å². The summed E-state index contributed by atoms with van der Waals surface area (Å²) in [5.41, 5.74) is 2.15. The zero-order valence-electron chi connectivity index (χ0n) is 22.1. The lowest BCUT2D eigenvalue weighted by Gasteiger charge is -2.25. The Morgan fingerprint density at radius 1 is 1.13 bits per heavy atom. The number of hydrogen-bond donors (Lipinski definition) is 1. The molecule has 1 aromatic carbocycles. The van der Waals surface area contributed by atoms with Crippen molar-refractivity contribution in [2.75, 3.05) is 50.7 Å². The third-order valence-corrected chi connectivity index (χ3v) is 8.37. The van der Waals surface area contributed by atoms with Crippen LogP contribution in [0, 0.1) is 11.8 Å². The molecule has 1 atom stereocenters. The summed E-state index contributed by atoms with van der Waals surface area (Å²) in [6.45, 7) is 3.65. The Labute approximate surface area is 226 Å². The van der Waals surface area contributed by atoms with E-state index in [-0.39, 0.29) is 31.6 Å². The van der Waals surface area contributed by atoms with E-state index in [2.05, 4.69) is 21.0 Å². The van der Waals surface area contributed by atoms with Crippen LogP contribution >= 0.6 is 7.37 Å². The highest BCUT2D eigenvalue weighted by Gasteiger charge is 2.31. The number of rotatable bonds is 13. The maximum absolute atomic E-state index is 12.8. The van der Waals surface area contributed by atoms with Gasteiger partial charge in [-0.15, -0.1) is 0 Å². The molecule has 2 rings (SSSR count). The van der Waals surface area contributed by atoms with E-state index < -0.39 is 36.0 Å². The van der Waals surface area contributed by atoms with Gasteiger partial charge in [-0.2, -0.15) is 21.6 Å². The third-order valence-electron chi connectivity index (χ3n) is 5.30. The van der Waals surface area contributed by atoms with Crippen LogP contribution in [0.25, 0.3) is 0 Å². The molecule has 14 heteroatoms. The first kappa shape index (κ1) is 32.6. The summed E-state index contributed by atoms with van der Waals surface area (Å²) < 4.78 is 88.2. The summed E-state index contributed by atoms with van der Waals surface area (Å²) in [6.07, 6.45) is -4.72. The number of nitrogens with zero attached hydrogens (tertiary/aromatic N) is 2. The van der Waals surface area contributed by atoms with Crippen molar-refractivity contribution in [1.29, 1.82) is 0 Å². The minimum Gasteiger partial charge on any atom is -0.495 e. The maximum Gasteiger partial charge on any atom is 0.413 e. The van der Waals surface area contributed by atoms with Gasteiger partial charge in [-0.3, -0.25) is 8.75 Å². The van der Waals surface area contributed by atoms with E-state index in [0.29, 0.717) is 34.8 Å². The molecule has 0 aliphatic carbocycles. The number of hydrogen-bond acceptors (Lipinski definition) is 9. The Morgan fingerprint density at radius 2 is 1.82 bits per heavy atom. The van der Waals surface area contributed by atoms with Crippen LogP contribution in [0.15, 0.2) is 30.3 Å². The number of ether oxygens (including phenoxy) is 1. The Bertz CT molecular complexity index is 1340. The lowest BCUT2D eigenvalue weighted by molar-refractivity contribution is -0.152. The molecule has 0 saturated carbocycles. The Balaban J connectivity index is 2.28. The zero-order valence-corrected chi connectivity index (χ0v) is 23.8. The topological polar surface area (TPSA) is 115 Å². The number of pyridine rings is 1. The monoisotopic (exact) mass is 592 g/mol. The number of halogens is 3. The molecule has 0 saturated heterocycles. The lowest BCUT2D eigenvalue weighted by atomic mass is 10.1. The van der Waals surface area contributed by atoms with Gasteiger partial charge >= 0.3 is 6.18 Å². The third kappa shape index (κ3) is 10.5. The predicted octanol–water partition coefficient (Wildman–Crippen LogP) is 3.68. The van der Waals surface area contributed by atoms with Gasteiger partial charge in [0.1, 0.15) is 11.2 Å². The van der Waals surface area contributed by atoms with Crippen molar-refractivity contribution < 1.29 is 44.7 Å². The molecule has 0 radical (unpaired) electrons. The van der Waals surface area contributed by atoms with Crippen molar-refractivity contribution in [3.63, 3.8) is 0 Å². The van der Waals surface area contributed by atoms with Gasteiger partial charge in [0.2, 0.25) is 7.37 Å². The molecule has 2 aromatic rings. The van der Waals surface area contributed by atoms with Crippen molar-refractivity contribution in [2.24, 2.45) is 0 Å². The van der Waals surface area contributed by atoms with E-state index in [9.17, 15) is 31.3 Å². The van der Waals surface area contributed by atoms with E-state index in [1.54, 1.807) is 37.3 Å². The van der Waals surface area contributed by atoms with Gasteiger partial charge in [0, 0.05) is 30.9 Å². The van der Waals surface area contributed by atoms with Gasteiger partial charge in [0.05, 0.1) is 37.5 Å². The van der Waals surface area contributed by atoms with E-state index in [4.69, 9.17) is 9.26 Å². The first-order valence-corrected chi connectivity index (χ1v) is 15.6. The van der Waals surface area contributed by atoms with Gasteiger partial charge in [0.25, 0.3) is 10.1 Å². The van der Waals surface area contributed by atoms with Gasteiger partial charge < -0.3 is 19.3 Å². The molecule has 0 bridgehead atoms.